The van der Waals surface area contributed by atoms with Gasteiger partial charge in [-0.3, -0.25) is 5.43 Å². The van der Waals surface area contributed by atoms with Gasteiger partial charge in [0.25, 0.3) is 0 Å². The Morgan fingerprint density at radius 3 is 2.73 bits per heavy atom. The van der Waals surface area contributed by atoms with Crippen LogP contribution in [0.2, 0.25) is 0 Å². The van der Waals surface area contributed by atoms with Crippen LogP contribution in [0.25, 0.3) is 0 Å². The van der Waals surface area contributed by atoms with E-state index in [1.807, 2.05) is 6.08 Å². The molecule has 0 saturated heterocycles. The number of hydrogen-bond acceptors (Lipinski definition) is 2. The van der Waals surface area contributed by atoms with Gasteiger partial charge >= 0.3 is 0 Å². The van der Waals surface area contributed by atoms with Crippen molar-refractivity contribution in [2.45, 2.75) is 46.0 Å². The summed E-state index contributed by atoms with van der Waals surface area (Å²) >= 11 is 0. The summed E-state index contributed by atoms with van der Waals surface area (Å²) in [6, 6.07) is 0. The van der Waals surface area contributed by atoms with E-state index in [1.54, 1.807) is 0 Å². The molecule has 0 amide bonds. The van der Waals surface area contributed by atoms with Gasteiger partial charge in [0.05, 0.1) is 0 Å². The van der Waals surface area contributed by atoms with Gasteiger partial charge < -0.3 is 0 Å². The van der Waals surface area contributed by atoms with E-state index in [4.69, 9.17) is 0 Å². The Balaban J connectivity index is 3.31. The van der Waals surface area contributed by atoms with E-state index in [2.05, 4.69) is 37.9 Å². The third-order valence-electron chi connectivity index (χ3n) is 2.69. The molecule has 0 fully saturated rings. The van der Waals surface area contributed by atoms with Crippen molar-refractivity contribution in [1.29, 1.82) is 0 Å². The van der Waals surface area contributed by atoms with Gasteiger partial charge in [0, 0.05) is 20.1 Å². The van der Waals surface area contributed by atoms with Gasteiger partial charge in [0.15, 0.2) is 0 Å². The van der Waals surface area contributed by atoms with Crippen LogP contribution in [0.3, 0.4) is 0 Å². The van der Waals surface area contributed by atoms with Crippen molar-refractivity contribution < 1.29 is 0 Å². The number of hydrogen-bond donors (Lipinski definition) is 1. The zero-order chi connectivity index (χ0) is 11.5. The summed E-state index contributed by atoms with van der Waals surface area (Å²) in [6.07, 6.45) is 8.28. The normalized spacial score (nSPS) is 13.1. The minimum atomic E-state index is 0.752. The zero-order valence-electron chi connectivity index (χ0n) is 10.8. The molecular formula is C13H28N2. The number of allylic oxidation sites excluding steroid dienone is 1. The lowest BCUT2D eigenvalue weighted by Gasteiger charge is -2.19. The van der Waals surface area contributed by atoms with E-state index in [9.17, 15) is 0 Å². The van der Waals surface area contributed by atoms with Crippen LogP contribution in [-0.4, -0.2) is 25.1 Å². The summed E-state index contributed by atoms with van der Waals surface area (Å²) in [4.78, 5) is 0. The van der Waals surface area contributed by atoms with Crippen LogP contribution < -0.4 is 5.43 Å². The lowest BCUT2D eigenvalue weighted by Crippen LogP contribution is -2.36. The molecule has 0 aromatic heterocycles. The Morgan fingerprint density at radius 1 is 1.40 bits per heavy atom. The molecule has 0 bridgehead atoms. The van der Waals surface area contributed by atoms with E-state index in [1.165, 1.54) is 25.7 Å². The van der Waals surface area contributed by atoms with Gasteiger partial charge in [-0.2, -0.15) is 0 Å². The molecule has 0 radical (unpaired) electrons. The molecule has 1 unspecified atom stereocenters. The van der Waals surface area contributed by atoms with Gasteiger partial charge in [0.2, 0.25) is 0 Å². The van der Waals surface area contributed by atoms with E-state index in [0.29, 0.717) is 0 Å². The van der Waals surface area contributed by atoms with Crippen LogP contribution in [0, 0.1) is 5.92 Å². The molecule has 2 heteroatoms. The molecule has 0 aromatic carbocycles. The average molecular weight is 212 g/mol. The maximum absolute atomic E-state index is 3.77. The summed E-state index contributed by atoms with van der Waals surface area (Å²) in [6.45, 7) is 10.5. The van der Waals surface area contributed by atoms with Gasteiger partial charge in [-0.1, -0.05) is 32.8 Å². The summed E-state index contributed by atoms with van der Waals surface area (Å²) in [7, 11) is 2.13. The van der Waals surface area contributed by atoms with E-state index in [0.717, 1.165) is 25.4 Å². The fraction of sp³-hybridized carbons (Fsp3) is 0.846. The predicted octanol–water partition coefficient (Wildman–Crippen LogP) is 3.22. The van der Waals surface area contributed by atoms with E-state index in [-0.39, 0.29) is 0 Å². The molecular weight excluding hydrogens is 184 g/mol. The third-order valence-corrected chi connectivity index (χ3v) is 2.69. The van der Waals surface area contributed by atoms with Crippen LogP contribution in [0.4, 0.5) is 0 Å². The lowest BCUT2D eigenvalue weighted by atomic mass is 10.0. The molecule has 90 valence electrons. The molecule has 1 atom stereocenters. The SMILES string of the molecule is C=CCC(C)CCN(C)NCCCCC. The van der Waals surface area contributed by atoms with Gasteiger partial charge in [-0.15, -0.1) is 6.58 Å². The molecule has 15 heavy (non-hydrogen) atoms. The molecule has 0 saturated carbocycles. The van der Waals surface area contributed by atoms with Crippen molar-refractivity contribution >= 4 is 0 Å². The van der Waals surface area contributed by atoms with Crippen LogP contribution in [0.15, 0.2) is 12.7 Å². The third kappa shape index (κ3) is 9.95. The Hall–Kier alpha value is -0.340. The number of hydrazine groups is 1. The second kappa shape index (κ2) is 10.2. The molecule has 0 aliphatic rings. The Morgan fingerprint density at radius 2 is 2.13 bits per heavy atom. The van der Waals surface area contributed by atoms with Gasteiger partial charge in [-0.25, -0.2) is 5.01 Å². The smallest absolute Gasteiger partial charge is 0.0130 e. The summed E-state index contributed by atoms with van der Waals surface area (Å²) in [5.74, 6) is 0.752. The first kappa shape index (κ1) is 14.7. The molecule has 0 rings (SSSR count). The van der Waals surface area contributed by atoms with Crippen LogP contribution >= 0.6 is 0 Å². The van der Waals surface area contributed by atoms with Crippen molar-refractivity contribution in [3.05, 3.63) is 12.7 Å². The second-order valence-electron chi connectivity index (χ2n) is 4.46. The highest BCUT2D eigenvalue weighted by atomic mass is 15.5. The number of rotatable bonds is 10. The van der Waals surface area contributed by atoms with Crippen molar-refractivity contribution in [3.8, 4) is 0 Å². The minimum absolute atomic E-state index is 0.752. The van der Waals surface area contributed by atoms with Crippen molar-refractivity contribution in [3.63, 3.8) is 0 Å². The second-order valence-corrected chi connectivity index (χ2v) is 4.46. The number of nitrogens with one attached hydrogen (secondary N) is 1. The topological polar surface area (TPSA) is 15.3 Å². The number of unbranched alkanes of at least 4 members (excludes halogenated alkanes) is 2. The number of nitrogens with zero attached hydrogens (tertiary/aromatic N) is 1. The fourth-order valence-corrected chi connectivity index (χ4v) is 1.54. The van der Waals surface area contributed by atoms with Gasteiger partial charge in [0.1, 0.15) is 0 Å². The summed E-state index contributed by atoms with van der Waals surface area (Å²) < 4.78 is 0. The van der Waals surface area contributed by atoms with Crippen LogP contribution in [0.1, 0.15) is 46.0 Å². The first-order valence-electron chi connectivity index (χ1n) is 6.26. The van der Waals surface area contributed by atoms with Crippen LogP contribution in [-0.2, 0) is 0 Å². The molecule has 0 aromatic rings. The first-order valence-corrected chi connectivity index (χ1v) is 6.26. The van der Waals surface area contributed by atoms with Gasteiger partial charge in [-0.05, 0) is 25.2 Å². The van der Waals surface area contributed by atoms with E-state index >= 15 is 0 Å². The molecule has 1 N–H and O–H groups in total. The minimum Gasteiger partial charge on any atom is -0.255 e. The molecule has 0 spiro atoms. The monoisotopic (exact) mass is 212 g/mol. The lowest BCUT2D eigenvalue weighted by molar-refractivity contribution is 0.218. The van der Waals surface area contributed by atoms with Crippen molar-refractivity contribution in [1.82, 2.24) is 10.4 Å². The van der Waals surface area contributed by atoms with Crippen molar-refractivity contribution in [2.75, 3.05) is 20.1 Å². The average Bonchev–Trinajstić information content (AvgIpc) is 2.22. The molecule has 0 aliphatic carbocycles. The maximum Gasteiger partial charge on any atom is 0.0130 e. The largest absolute Gasteiger partial charge is 0.255 e. The Kier molecular flexibility index (Phi) is 9.96. The van der Waals surface area contributed by atoms with Crippen LogP contribution in [0.5, 0.6) is 0 Å². The molecule has 0 heterocycles. The predicted molar refractivity (Wildman–Crippen MR) is 68.8 cm³/mol. The quantitative estimate of drug-likeness (QED) is 0.340. The Bertz CT molecular complexity index is 145. The fourth-order valence-electron chi connectivity index (χ4n) is 1.54. The van der Waals surface area contributed by atoms with Crippen molar-refractivity contribution in [2.24, 2.45) is 5.92 Å². The maximum atomic E-state index is 3.77. The van der Waals surface area contributed by atoms with E-state index < -0.39 is 0 Å². The summed E-state index contributed by atoms with van der Waals surface area (Å²) in [5.41, 5.74) is 3.42. The molecule has 2 nitrogen and oxygen atoms in total. The zero-order valence-corrected chi connectivity index (χ0v) is 10.8. The standard InChI is InChI=1S/C13H28N2/c1-5-7-8-11-14-15(4)12-10-13(3)9-6-2/h6,13-14H,2,5,7-12H2,1,3-4H3. The highest BCUT2D eigenvalue weighted by molar-refractivity contribution is 4.70. The highest BCUT2D eigenvalue weighted by Crippen LogP contribution is 2.07. The first-order chi connectivity index (χ1) is 7.20. The summed E-state index contributed by atoms with van der Waals surface area (Å²) in [5, 5.41) is 2.22. The molecule has 0 aliphatic heterocycles. The highest BCUT2D eigenvalue weighted by Gasteiger charge is 2.02. The Labute approximate surface area is 95.7 Å².